The second-order valence-corrected chi connectivity index (χ2v) is 6.48. The molecule has 1 aliphatic heterocycles. The van der Waals surface area contributed by atoms with Crippen molar-refractivity contribution in [3.8, 4) is 11.5 Å². The maximum absolute atomic E-state index is 5.51. The summed E-state index contributed by atoms with van der Waals surface area (Å²) >= 11 is 0. The van der Waals surface area contributed by atoms with E-state index in [1.54, 1.807) is 7.11 Å². The molecule has 4 heteroatoms. The van der Waals surface area contributed by atoms with Crippen molar-refractivity contribution in [2.24, 2.45) is 0 Å². The summed E-state index contributed by atoms with van der Waals surface area (Å²) in [6.07, 6.45) is 0. The maximum atomic E-state index is 5.51. The molecule has 1 heterocycles. The maximum Gasteiger partial charge on any atom is 0.119 e. The van der Waals surface area contributed by atoms with Gasteiger partial charge in [0.05, 0.1) is 13.7 Å². The first-order valence-electron chi connectivity index (χ1n) is 9.06. The van der Waals surface area contributed by atoms with Crippen molar-refractivity contribution in [2.45, 2.75) is 20.0 Å². The minimum atomic E-state index is 0.718. The number of piperazine rings is 1. The predicted octanol–water partition coefficient (Wildman–Crippen LogP) is 3.41. The highest BCUT2D eigenvalue weighted by Gasteiger charge is 2.17. The van der Waals surface area contributed by atoms with Crippen molar-refractivity contribution in [3.05, 3.63) is 59.7 Å². The highest BCUT2D eigenvalue weighted by Crippen LogP contribution is 2.16. The van der Waals surface area contributed by atoms with Crippen LogP contribution in [-0.4, -0.2) is 49.7 Å². The van der Waals surface area contributed by atoms with Crippen molar-refractivity contribution in [1.82, 2.24) is 9.80 Å². The summed E-state index contributed by atoms with van der Waals surface area (Å²) in [6, 6.07) is 16.9. The number of rotatable bonds is 7. The van der Waals surface area contributed by atoms with Crippen molar-refractivity contribution >= 4 is 0 Å². The number of benzene rings is 2. The van der Waals surface area contributed by atoms with E-state index in [9.17, 15) is 0 Å². The van der Waals surface area contributed by atoms with Gasteiger partial charge in [0.1, 0.15) is 11.5 Å². The van der Waals surface area contributed by atoms with Crippen LogP contribution in [0, 0.1) is 0 Å². The van der Waals surface area contributed by atoms with Gasteiger partial charge in [-0.2, -0.15) is 0 Å². The van der Waals surface area contributed by atoms with Gasteiger partial charge in [0.15, 0.2) is 0 Å². The molecule has 0 atom stereocenters. The molecule has 0 spiro atoms. The average Bonchev–Trinajstić information content (AvgIpc) is 2.66. The van der Waals surface area contributed by atoms with Crippen LogP contribution in [0.15, 0.2) is 48.5 Å². The predicted molar refractivity (Wildman–Crippen MR) is 101 cm³/mol. The molecule has 25 heavy (non-hydrogen) atoms. The van der Waals surface area contributed by atoms with Gasteiger partial charge in [-0.25, -0.2) is 0 Å². The lowest BCUT2D eigenvalue weighted by Crippen LogP contribution is -2.45. The minimum Gasteiger partial charge on any atom is -0.497 e. The molecular weight excluding hydrogens is 312 g/mol. The van der Waals surface area contributed by atoms with E-state index < -0.39 is 0 Å². The fraction of sp³-hybridized carbons (Fsp3) is 0.429. The van der Waals surface area contributed by atoms with Crippen molar-refractivity contribution in [2.75, 3.05) is 39.9 Å². The van der Waals surface area contributed by atoms with Gasteiger partial charge < -0.3 is 9.47 Å². The van der Waals surface area contributed by atoms with Crippen molar-refractivity contribution < 1.29 is 9.47 Å². The summed E-state index contributed by atoms with van der Waals surface area (Å²) in [5.74, 6) is 1.87. The standard InChI is InChI=1S/C21H28N2O2/c1-3-25-21-10-6-19(7-11-21)17-23-14-12-22(13-15-23)16-18-4-8-20(24-2)9-5-18/h4-11H,3,12-17H2,1-2H3. The first kappa shape index (κ1) is 17.8. The van der Waals surface area contributed by atoms with Crippen LogP contribution in [0.25, 0.3) is 0 Å². The number of nitrogens with zero attached hydrogens (tertiary/aromatic N) is 2. The summed E-state index contributed by atoms with van der Waals surface area (Å²) < 4.78 is 10.7. The molecule has 2 aromatic rings. The fourth-order valence-electron chi connectivity index (χ4n) is 3.21. The molecular formula is C21H28N2O2. The Bertz CT molecular complexity index is 632. The van der Waals surface area contributed by atoms with Crippen LogP contribution >= 0.6 is 0 Å². The molecule has 1 aliphatic rings. The van der Waals surface area contributed by atoms with Crippen LogP contribution in [0.3, 0.4) is 0 Å². The molecule has 0 saturated carbocycles. The van der Waals surface area contributed by atoms with Crippen molar-refractivity contribution in [1.29, 1.82) is 0 Å². The molecule has 0 aliphatic carbocycles. The third-order valence-electron chi connectivity index (χ3n) is 4.67. The zero-order chi connectivity index (χ0) is 17.5. The average molecular weight is 340 g/mol. The second kappa shape index (κ2) is 8.88. The van der Waals surface area contributed by atoms with Gasteiger partial charge in [0.25, 0.3) is 0 Å². The minimum absolute atomic E-state index is 0.718. The van der Waals surface area contributed by atoms with Crippen LogP contribution < -0.4 is 9.47 Å². The van der Waals surface area contributed by atoms with E-state index in [2.05, 4.69) is 46.2 Å². The SMILES string of the molecule is CCOc1ccc(CN2CCN(Cc3ccc(OC)cc3)CC2)cc1. The molecule has 0 amide bonds. The smallest absolute Gasteiger partial charge is 0.119 e. The third kappa shape index (κ3) is 5.21. The molecule has 0 N–H and O–H groups in total. The van der Waals surface area contributed by atoms with E-state index in [0.29, 0.717) is 0 Å². The van der Waals surface area contributed by atoms with Gasteiger partial charge in [0.2, 0.25) is 0 Å². The second-order valence-electron chi connectivity index (χ2n) is 6.48. The molecule has 4 nitrogen and oxygen atoms in total. The molecule has 3 rings (SSSR count). The Kier molecular flexibility index (Phi) is 6.31. The highest BCUT2D eigenvalue weighted by molar-refractivity contribution is 5.28. The largest absolute Gasteiger partial charge is 0.497 e. The molecule has 1 saturated heterocycles. The Labute approximate surface area is 151 Å². The Morgan fingerprint density at radius 1 is 0.720 bits per heavy atom. The molecule has 0 unspecified atom stereocenters. The molecule has 0 bridgehead atoms. The Morgan fingerprint density at radius 3 is 1.56 bits per heavy atom. The first-order chi connectivity index (χ1) is 12.3. The number of hydrogen-bond donors (Lipinski definition) is 0. The summed E-state index contributed by atoms with van der Waals surface area (Å²) in [4.78, 5) is 5.05. The molecule has 0 radical (unpaired) electrons. The quantitative estimate of drug-likeness (QED) is 0.771. The topological polar surface area (TPSA) is 24.9 Å². The van der Waals surface area contributed by atoms with E-state index in [4.69, 9.17) is 9.47 Å². The van der Waals surface area contributed by atoms with E-state index in [0.717, 1.165) is 57.4 Å². The molecule has 2 aromatic carbocycles. The zero-order valence-corrected chi connectivity index (χ0v) is 15.3. The van der Waals surface area contributed by atoms with Gasteiger partial charge in [-0.05, 0) is 42.3 Å². The Balaban J connectivity index is 1.44. The van der Waals surface area contributed by atoms with E-state index in [1.165, 1.54) is 11.1 Å². The summed E-state index contributed by atoms with van der Waals surface area (Å²) in [7, 11) is 1.71. The van der Waals surface area contributed by atoms with E-state index in [-0.39, 0.29) is 0 Å². The Hall–Kier alpha value is -2.04. The van der Waals surface area contributed by atoms with Gasteiger partial charge in [-0.3, -0.25) is 9.80 Å². The van der Waals surface area contributed by atoms with Crippen LogP contribution in [0.1, 0.15) is 18.1 Å². The first-order valence-corrected chi connectivity index (χ1v) is 9.06. The Morgan fingerprint density at radius 2 is 1.16 bits per heavy atom. The lowest BCUT2D eigenvalue weighted by Gasteiger charge is -2.34. The lowest BCUT2D eigenvalue weighted by molar-refractivity contribution is 0.122. The third-order valence-corrected chi connectivity index (χ3v) is 4.67. The molecule has 134 valence electrons. The molecule has 0 aromatic heterocycles. The summed E-state index contributed by atoms with van der Waals surface area (Å²) in [5, 5.41) is 0. The van der Waals surface area contributed by atoms with Crippen LogP contribution in [0.5, 0.6) is 11.5 Å². The van der Waals surface area contributed by atoms with Crippen LogP contribution in [-0.2, 0) is 13.1 Å². The zero-order valence-electron chi connectivity index (χ0n) is 15.3. The van der Waals surface area contributed by atoms with Gasteiger partial charge in [0, 0.05) is 39.3 Å². The number of ether oxygens (including phenoxy) is 2. The van der Waals surface area contributed by atoms with Crippen molar-refractivity contribution in [3.63, 3.8) is 0 Å². The fourth-order valence-corrected chi connectivity index (χ4v) is 3.21. The summed E-state index contributed by atoms with van der Waals surface area (Å²) in [5.41, 5.74) is 2.70. The number of methoxy groups -OCH3 is 1. The number of hydrogen-bond acceptors (Lipinski definition) is 4. The van der Waals surface area contributed by atoms with E-state index >= 15 is 0 Å². The lowest BCUT2D eigenvalue weighted by atomic mass is 10.1. The summed E-state index contributed by atoms with van der Waals surface area (Å²) in [6.45, 7) is 9.22. The monoisotopic (exact) mass is 340 g/mol. The normalized spacial score (nSPS) is 15.9. The van der Waals surface area contributed by atoms with Crippen LogP contribution in [0.2, 0.25) is 0 Å². The molecule has 1 fully saturated rings. The van der Waals surface area contributed by atoms with Gasteiger partial charge in [-0.15, -0.1) is 0 Å². The van der Waals surface area contributed by atoms with Gasteiger partial charge >= 0.3 is 0 Å². The van der Waals surface area contributed by atoms with Crippen LogP contribution in [0.4, 0.5) is 0 Å². The van der Waals surface area contributed by atoms with E-state index in [1.807, 2.05) is 19.1 Å². The highest BCUT2D eigenvalue weighted by atomic mass is 16.5. The van der Waals surface area contributed by atoms with Gasteiger partial charge in [-0.1, -0.05) is 24.3 Å².